The van der Waals surface area contributed by atoms with E-state index in [1.165, 1.54) is 0 Å². The second-order valence-corrected chi connectivity index (χ2v) is 4.31. The quantitative estimate of drug-likeness (QED) is 0.832. The van der Waals surface area contributed by atoms with Crippen molar-refractivity contribution < 1.29 is 9.90 Å². The molecule has 2 N–H and O–H groups in total. The van der Waals surface area contributed by atoms with Crippen LogP contribution in [0.25, 0.3) is 5.69 Å². The molecule has 1 heterocycles. The van der Waals surface area contributed by atoms with Crippen molar-refractivity contribution in [3.63, 3.8) is 0 Å². The number of carbonyl (C=O) groups excluding carboxylic acids is 1. The van der Waals surface area contributed by atoms with E-state index in [0.29, 0.717) is 18.5 Å². The average Bonchev–Trinajstić information content (AvgIpc) is 2.92. The van der Waals surface area contributed by atoms with E-state index in [-0.39, 0.29) is 5.91 Å². The van der Waals surface area contributed by atoms with Gasteiger partial charge in [0.2, 0.25) is 0 Å². The predicted molar refractivity (Wildman–Crippen MR) is 70.0 cm³/mol. The number of hydrogen-bond donors (Lipinski definition) is 2. The lowest BCUT2D eigenvalue weighted by atomic mass is 10.2. The molecule has 1 amide bonds. The molecule has 2 aromatic rings. The first-order valence-corrected chi connectivity index (χ1v) is 6.08. The van der Waals surface area contributed by atoms with Crippen LogP contribution in [0, 0.1) is 0 Å². The maximum atomic E-state index is 11.8. The summed E-state index contributed by atoms with van der Waals surface area (Å²) in [5.41, 5.74) is 1.48. The van der Waals surface area contributed by atoms with Gasteiger partial charge in [-0.15, -0.1) is 10.2 Å². The zero-order chi connectivity index (χ0) is 13.7. The van der Waals surface area contributed by atoms with Crippen LogP contribution in [0.2, 0.25) is 0 Å². The minimum absolute atomic E-state index is 0.143. The molecule has 19 heavy (non-hydrogen) atoms. The molecule has 0 saturated carbocycles. The summed E-state index contributed by atoms with van der Waals surface area (Å²) in [6.45, 7) is 2.16. The maximum absolute atomic E-state index is 11.8. The molecule has 2 rings (SSSR count). The molecule has 6 heteroatoms. The van der Waals surface area contributed by atoms with Crippen LogP contribution in [0.5, 0.6) is 0 Å². The second kappa shape index (κ2) is 6.10. The second-order valence-electron chi connectivity index (χ2n) is 4.31. The van der Waals surface area contributed by atoms with Crippen LogP contribution in [-0.4, -0.2) is 38.4 Å². The number of aliphatic hydroxyl groups is 1. The average molecular weight is 260 g/mol. The molecule has 0 spiro atoms. The van der Waals surface area contributed by atoms with Crippen molar-refractivity contribution in [1.82, 2.24) is 20.1 Å². The highest BCUT2D eigenvalue weighted by atomic mass is 16.3. The van der Waals surface area contributed by atoms with E-state index in [2.05, 4.69) is 15.5 Å². The molecular formula is C13H16N4O2. The molecule has 1 atom stereocenters. The fourth-order valence-electron chi connectivity index (χ4n) is 1.62. The van der Waals surface area contributed by atoms with E-state index < -0.39 is 6.10 Å². The summed E-state index contributed by atoms with van der Waals surface area (Å²) >= 11 is 0. The van der Waals surface area contributed by atoms with Crippen LogP contribution >= 0.6 is 0 Å². The Hall–Kier alpha value is -2.21. The molecule has 0 bridgehead atoms. The SMILES string of the molecule is CC(O)CCNC(=O)c1ccc(-n2cnnc2)cc1. The lowest BCUT2D eigenvalue weighted by Crippen LogP contribution is -2.26. The van der Waals surface area contributed by atoms with Crippen LogP contribution < -0.4 is 5.32 Å². The summed E-state index contributed by atoms with van der Waals surface area (Å²) in [4.78, 5) is 11.8. The van der Waals surface area contributed by atoms with E-state index in [9.17, 15) is 4.79 Å². The summed E-state index contributed by atoms with van der Waals surface area (Å²) < 4.78 is 1.76. The first kappa shape index (κ1) is 13.2. The smallest absolute Gasteiger partial charge is 0.251 e. The van der Waals surface area contributed by atoms with Crippen molar-refractivity contribution >= 4 is 5.91 Å². The minimum Gasteiger partial charge on any atom is -0.393 e. The van der Waals surface area contributed by atoms with E-state index in [0.717, 1.165) is 5.69 Å². The molecule has 0 aliphatic heterocycles. The molecule has 0 fully saturated rings. The summed E-state index contributed by atoms with van der Waals surface area (Å²) in [5.74, 6) is -0.143. The third-order valence-corrected chi connectivity index (χ3v) is 2.69. The third-order valence-electron chi connectivity index (χ3n) is 2.69. The standard InChI is InChI=1S/C13H16N4O2/c1-10(18)6-7-14-13(19)11-2-4-12(5-3-11)17-8-15-16-9-17/h2-5,8-10,18H,6-7H2,1H3,(H,14,19). The first-order chi connectivity index (χ1) is 9.16. The molecule has 0 aliphatic rings. The summed E-state index contributed by atoms with van der Waals surface area (Å²) in [6.07, 6.45) is 3.33. The highest BCUT2D eigenvalue weighted by Gasteiger charge is 2.06. The number of rotatable bonds is 5. The summed E-state index contributed by atoms with van der Waals surface area (Å²) in [7, 11) is 0. The van der Waals surface area contributed by atoms with Crippen molar-refractivity contribution in [2.24, 2.45) is 0 Å². The number of nitrogens with zero attached hydrogens (tertiary/aromatic N) is 3. The largest absolute Gasteiger partial charge is 0.393 e. The molecule has 0 aliphatic carbocycles. The number of carbonyl (C=O) groups is 1. The Morgan fingerprint density at radius 2 is 1.95 bits per heavy atom. The molecule has 0 radical (unpaired) electrons. The van der Waals surface area contributed by atoms with E-state index >= 15 is 0 Å². The zero-order valence-corrected chi connectivity index (χ0v) is 10.7. The predicted octanol–water partition coefficient (Wildman–Crippen LogP) is 0.768. The van der Waals surface area contributed by atoms with Crippen molar-refractivity contribution in [2.45, 2.75) is 19.4 Å². The molecule has 6 nitrogen and oxygen atoms in total. The first-order valence-electron chi connectivity index (χ1n) is 6.08. The number of aromatic nitrogens is 3. The Bertz CT molecular complexity index is 520. The zero-order valence-electron chi connectivity index (χ0n) is 10.7. The molecular weight excluding hydrogens is 244 g/mol. The van der Waals surface area contributed by atoms with Crippen molar-refractivity contribution in [1.29, 1.82) is 0 Å². The molecule has 100 valence electrons. The fourth-order valence-corrected chi connectivity index (χ4v) is 1.62. The van der Waals surface area contributed by atoms with Gasteiger partial charge in [-0.05, 0) is 37.6 Å². The minimum atomic E-state index is -0.406. The number of benzene rings is 1. The fraction of sp³-hybridized carbons (Fsp3) is 0.308. The number of nitrogens with one attached hydrogen (secondary N) is 1. The van der Waals surface area contributed by atoms with Crippen LogP contribution in [0.3, 0.4) is 0 Å². The van der Waals surface area contributed by atoms with E-state index in [1.807, 2.05) is 12.1 Å². The lowest BCUT2D eigenvalue weighted by molar-refractivity contribution is 0.0945. The van der Waals surface area contributed by atoms with Gasteiger partial charge in [0.05, 0.1) is 6.10 Å². The lowest BCUT2D eigenvalue weighted by Gasteiger charge is -2.07. The third kappa shape index (κ3) is 3.62. The Balaban J connectivity index is 1.96. The van der Waals surface area contributed by atoms with Crippen LogP contribution in [0.4, 0.5) is 0 Å². The molecule has 0 saturated heterocycles. The van der Waals surface area contributed by atoms with Gasteiger partial charge in [-0.2, -0.15) is 0 Å². The van der Waals surface area contributed by atoms with Crippen LogP contribution in [-0.2, 0) is 0 Å². The van der Waals surface area contributed by atoms with Crippen LogP contribution in [0.1, 0.15) is 23.7 Å². The number of amides is 1. The molecule has 1 aromatic carbocycles. The normalized spacial score (nSPS) is 12.1. The maximum Gasteiger partial charge on any atom is 0.251 e. The number of hydrogen-bond acceptors (Lipinski definition) is 4. The monoisotopic (exact) mass is 260 g/mol. The highest BCUT2D eigenvalue weighted by Crippen LogP contribution is 2.08. The van der Waals surface area contributed by atoms with Crippen LogP contribution in [0.15, 0.2) is 36.9 Å². The number of aliphatic hydroxyl groups excluding tert-OH is 1. The Kier molecular flexibility index (Phi) is 4.25. The van der Waals surface area contributed by atoms with Gasteiger partial charge in [0, 0.05) is 17.8 Å². The van der Waals surface area contributed by atoms with Gasteiger partial charge in [0.15, 0.2) is 0 Å². The Morgan fingerprint density at radius 3 is 2.53 bits per heavy atom. The van der Waals surface area contributed by atoms with Gasteiger partial charge in [0.1, 0.15) is 12.7 Å². The van der Waals surface area contributed by atoms with Gasteiger partial charge in [-0.1, -0.05) is 0 Å². The van der Waals surface area contributed by atoms with Crippen molar-refractivity contribution in [3.05, 3.63) is 42.5 Å². The Morgan fingerprint density at radius 1 is 1.32 bits per heavy atom. The molecule has 1 unspecified atom stereocenters. The van der Waals surface area contributed by atoms with Gasteiger partial charge in [0.25, 0.3) is 5.91 Å². The highest BCUT2D eigenvalue weighted by molar-refractivity contribution is 5.94. The summed E-state index contributed by atoms with van der Waals surface area (Å²) in [6, 6.07) is 7.14. The van der Waals surface area contributed by atoms with Crippen molar-refractivity contribution in [2.75, 3.05) is 6.54 Å². The summed E-state index contributed by atoms with van der Waals surface area (Å²) in [5, 5.41) is 19.3. The van der Waals surface area contributed by atoms with E-state index in [4.69, 9.17) is 5.11 Å². The van der Waals surface area contributed by atoms with Gasteiger partial charge >= 0.3 is 0 Å². The molecule has 1 aromatic heterocycles. The Labute approximate surface area is 111 Å². The van der Waals surface area contributed by atoms with Gasteiger partial charge in [-0.3, -0.25) is 9.36 Å². The van der Waals surface area contributed by atoms with Crippen molar-refractivity contribution in [3.8, 4) is 5.69 Å². The van der Waals surface area contributed by atoms with Gasteiger partial charge < -0.3 is 10.4 Å². The van der Waals surface area contributed by atoms with E-state index in [1.54, 1.807) is 36.3 Å². The van der Waals surface area contributed by atoms with Gasteiger partial charge in [-0.25, -0.2) is 0 Å². The topological polar surface area (TPSA) is 80.0 Å².